The smallest absolute Gasteiger partial charge is 0.256 e. The molecule has 3 heterocycles. The molecule has 5 rings (SSSR count). The molecule has 2 saturated heterocycles. The number of nitrogens with one attached hydrogen (secondary N) is 1. The molecule has 1 unspecified atom stereocenters. The largest absolute Gasteiger partial charge is 0.391 e. The Balaban J connectivity index is 1.51. The molecule has 2 aliphatic heterocycles. The minimum absolute atomic E-state index is 0.0694. The van der Waals surface area contributed by atoms with Gasteiger partial charge in [0.1, 0.15) is 0 Å². The van der Waals surface area contributed by atoms with Crippen LogP contribution in [0.2, 0.25) is 0 Å². The van der Waals surface area contributed by atoms with E-state index in [9.17, 15) is 9.90 Å². The molecule has 1 atom stereocenters. The Morgan fingerprint density at radius 1 is 0.968 bits per heavy atom. The Morgan fingerprint density at radius 2 is 1.77 bits per heavy atom. The maximum atomic E-state index is 13.1. The van der Waals surface area contributed by atoms with Crippen LogP contribution in [-0.4, -0.2) is 67.4 Å². The number of para-hydroxylation sites is 1. The molecule has 0 bridgehead atoms. The van der Waals surface area contributed by atoms with Gasteiger partial charge in [0.2, 0.25) is 0 Å². The number of aliphatic hydroxyl groups is 1. The molecule has 2 N–H and O–H groups in total. The second-order valence-corrected chi connectivity index (χ2v) is 8.83. The van der Waals surface area contributed by atoms with Gasteiger partial charge in [0.15, 0.2) is 0 Å². The minimum atomic E-state index is -0.295. The molecule has 2 fully saturated rings. The molecule has 0 spiro atoms. The Bertz CT molecular complexity index is 1130. The number of hydrogen-bond acceptors (Lipinski definition) is 5. The van der Waals surface area contributed by atoms with Gasteiger partial charge in [-0.2, -0.15) is 0 Å². The van der Waals surface area contributed by atoms with Crippen LogP contribution in [0.25, 0.3) is 22.0 Å². The summed E-state index contributed by atoms with van der Waals surface area (Å²) in [6.45, 7) is 5.58. The number of anilines is 2. The minimum Gasteiger partial charge on any atom is -0.391 e. The highest BCUT2D eigenvalue weighted by Crippen LogP contribution is 2.32. The Morgan fingerprint density at radius 3 is 2.58 bits per heavy atom. The van der Waals surface area contributed by atoms with Gasteiger partial charge in [-0.25, -0.2) is 0 Å². The van der Waals surface area contributed by atoms with Crippen molar-refractivity contribution in [1.29, 1.82) is 0 Å². The fourth-order valence-corrected chi connectivity index (χ4v) is 4.80. The van der Waals surface area contributed by atoms with E-state index < -0.39 is 0 Å². The first-order valence-electron chi connectivity index (χ1n) is 11.2. The van der Waals surface area contributed by atoms with Crippen LogP contribution in [0.4, 0.5) is 11.4 Å². The number of aromatic nitrogens is 1. The average Bonchev–Trinajstić information content (AvgIpc) is 2.79. The van der Waals surface area contributed by atoms with Gasteiger partial charge in [0.05, 0.1) is 11.8 Å². The zero-order valence-electron chi connectivity index (χ0n) is 18.1. The summed E-state index contributed by atoms with van der Waals surface area (Å²) in [6.07, 6.45) is 1.52. The summed E-state index contributed by atoms with van der Waals surface area (Å²) in [4.78, 5) is 23.1. The molecule has 6 nitrogen and oxygen atoms in total. The molecular weight excluding hydrogens is 388 g/mol. The van der Waals surface area contributed by atoms with Crippen LogP contribution in [0.5, 0.6) is 0 Å². The Hall–Kier alpha value is -2.83. The maximum absolute atomic E-state index is 13.1. The van der Waals surface area contributed by atoms with E-state index >= 15 is 0 Å². The molecule has 2 aliphatic rings. The van der Waals surface area contributed by atoms with Crippen LogP contribution in [0.3, 0.4) is 0 Å². The number of nitrogens with zero attached hydrogens (tertiary/aromatic N) is 3. The summed E-state index contributed by atoms with van der Waals surface area (Å²) < 4.78 is 0. The predicted octanol–water partition coefficient (Wildman–Crippen LogP) is 2.91. The molecule has 162 valence electrons. The summed E-state index contributed by atoms with van der Waals surface area (Å²) in [6, 6.07) is 16.5. The van der Waals surface area contributed by atoms with Crippen LogP contribution in [0.1, 0.15) is 12.8 Å². The number of H-pyrrole nitrogens is 1. The normalized spacial score (nSPS) is 20.4. The second-order valence-electron chi connectivity index (χ2n) is 8.83. The molecule has 6 heteroatoms. The van der Waals surface area contributed by atoms with Crippen molar-refractivity contribution in [2.75, 3.05) is 56.1 Å². The van der Waals surface area contributed by atoms with Gasteiger partial charge in [-0.05, 0) is 49.5 Å². The number of fused-ring (bicyclic) bond motifs is 1. The first-order valence-corrected chi connectivity index (χ1v) is 11.2. The van der Waals surface area contributed by atoms with Gasteiger partial charge in [-0.3, -0.25) is 4.79 Å². The van der Waals surface area contributed by atoms with Crippen molar-refractivity contribution in [1.82, 2.24) is 9.88 Å². The molecule has 0 radical (unpaired) electrons. The second kappa shape index (κ2) is 8.36. The van der Waals surface area contributed by atoms with E-state index in [0.717, 1.165) is 67.9 Å². The summed E-state index contributed by atoms with van der Waals surface area (Å²) in [7, 11) is 2.16. The number of likely N-dealkylation sites (N-methyl/N-ethyl adjacent to an activating group) is 1. The Labute approximate surface area is 182 Å². The van der Waals surface area contributed by atoms with Crippen LogP contribution < -0.4 is 15.4 Å². The molecule has 0 saturated carbocycles. The number of hydrogen-bond donors (Lipinski definition) is 2. The fraction of sp³-hybridized carbons (Fsp3) is 0.400. The van der Waals surface area contributed by atoms with Gasteiger partial charge in [0.25, 0.3) is 5.56 Å². The van der Waals surface area contributed by atoms with Crippen LogP contribution in [0, 0.1) is 0 Å². The number of piperidine rings is 1. The number of rotatable bonds is 3. The lowest BCUT2D eigenvalue weighted by atomic mass is 10.0. The van der Waals surface area contributed by atoms with Crippen molar-refractivity contribution in [3.05, 3.63) is 58.9 Å². The van der Waals surface area contributed by atoms with Crippen molar-refractivity contribution >= 4 is 22.1 Å². The SMILES string of the molecule is CN1CCN(c2ccccc2-c2cc3ccc(N4CCCC(O)C4)cc3c(=O)[nH]2)CC1. The third kappa shape index (κ3) is 4.05. The van der Waals surface area contributed by atoms with Crippen LogP contribution in [-0.2, 0) is 0 Å². The monoisotopic (exact) mass is 418 g/mol. The van der Waals surface area contributed by atoms with Crippen molar-refractivity contribution in [2.24, 2.45) is 0 Å². The van der Waals surface area contributed by atoms with Crippen LogP contribution >= 0.6 is 0 Å². The molecular formula is C25H30N4O2. The van der Waals surface area contributed by atoms with Crippen molar-refractivity contribution in [3.63, 3.8) is 0 Å². The van der Waals surface area contributed by atoms with Gasteiger partial charge in [-0.15, -0.1) is 0 Å². The van der Waals surface area contributed by atoms with E-state index in [0.29, 0.717) is 11.9 Å². The van der Waals surface area contributed by atoms with E-state index in [4.69, 9.17) is 0 Å². The first-order chi connectivity index (χ1) is 15.1. The zero-order chi connectivity index (χ0) is 21.4. The topological polar surface area (TPSA) is 62.8 Å². The number of benzene rings is 2. The van der Waals surface area contributed by atoms with E-state index in [-0.39, 0.29) is 11.7 Å². The maximum Gasteiger partial charge on any atom is 0.256 e. The molecule has 0 aliphatic carbocycles. The molecule has 1 aromatic heterocycles. The summed E-state index contributed by atoms with van der Waals surface area (Å²) >= 11 is 0. The molecule has 3 aromatic rings. The lowest BCUT2D eigenvalue weighted by Gasteiger charge is -2.35. The van der Waals surface area contributed by atoms with Gasteiger partial charge >= 0.3 is 0 Å². The van der Waals surface area contributed by atoms with Gasteiger partial charge in [0, 0.05) is 61.6 Å². The lowest BCUT2D eigenvalue weighted by molar-refractivity contribution is 0.154. The predicted molar refractivity (Wildman–Crippen MR) is 127 cm³/mol. The summed E-state index contributed by atoms with van der Waals surface area (Å²) in [5.74, 6) is 0. The highest BCUT2D eigenvalue weighted by atomic mass is 16.3. The van der Waals surface area contributed by atoms with Crippen molar-refractivity contribution in [2.45, 2.75) is 18.9 Å². The lowest BCUT2D eigenvalue weighted by Crippen LogP contribution is -2.44. The Kier molecular flexibility index (Phi) is 5.42. The number of piperazine rings is 1. The third-order valence-corrected chi connectivity index (χ3v) is 6.63. The van der Waals surface area contributed by atoms with Crippen LogP contribution in [0.15, 0.2) is 53.3 Å². The number of β-amino-alcohol motifs (C(OH)–C–C–N with tert-alkyl or cyclic N) is 1. The molecule has 0 amide bonds. The molecule has 2 aromatic carbocycles. The first kappa shape index (κ1) is 20.1. The fourth-order valence-electron chi connectivity index (χ4n) is 4.80. The number of aliphatic hydroxyl groups excluding tert-OH is 1. The van der Waals surface area contributed by atoms with E-state index in [2.05, 4.69) is 57.1 Å². The van der Waals surface area contributed by atoms with Gasteiger partial charge < -0.3 is 24.8 Å². The highest BCUT2D eigenvalue weighted by Gasteiger charge is 2.20. The molecule has 31 heavy (non-hydrogen) atoms. The summed E-state index contributed by atoms with van der Waals surface area (Å²) in [5, 5.41) is 11.6. The van der Waals surface area contributed by atoms with Gasteiger partial charge in [-0.1, -0.05) is 24.3 Å². The van der Waals surface area contributed by atoms with Crippen molar-refractivity contribution < 1.29 is 5.11 Å². The quantitative estimate of drug-likeness (QED) is 0.685. The van der Waals surface area contributed by atoms with Crippen molar-refractivity contribution in [3.8, 4) is 11.3 Å². The average molecular weight is 419 g/mol. The third-order valence-electron chi connectivity index (χ3n) is 6.63. The standard InChI is InChI=1S/C25H30N4O2/c1-27-11-13-28(14-12-27)24-7-3-2-6-21(24)23-15-18-8-9-19(16-22(18)25(31)26-23)29-10-4-5-20(30)17-29/h2-3,6-9,15-16,20,30H,4-5,10-14,17H2,1H3,(H,26,31). The van der Waals surface area contributed by atoms with E-state index in [1.165, 1.54) is 5.69 Å². The zero-order valence-corrected chi connectivity index (χ0v) is 18.1. The van der Waals surface area contributed by atoms with E-state index in [1.807, 2.05) is 18.2 Å². The van der Waals surface area contributed by atoms with E-state index in [1.54, 1.807) is 0 Å². The summed E-state index contributed by atoms with van der Waals surface area (Å²) in [5.41, 5.74) is 4.02. The number of aromatic amines is 1. The highest BCUT2D eigenvalue weighted by molar-refractivity contribution is 5.89. The number of pyridine rings is 1.